The largest absolute Gasteiger partial charge is 0.494 e. The van der Waals surface area contributed by atoms with Crippen LogP contribution in [0.5, 0.6) is 5.75 Å². The zero-order chi connectivity index (χ0) is 13.0. The molecule has 0 N–H and O–H groups in total. The second-order valence-corrected chi connectivity index (χ2v) is 4.17. The van der Waals surface area contributed by atoms with Crippen LogP contribution in [0.25, 0.3) is 0 Å². The molecule has 1 aromatic heterocycles. The molecule has 0 atom stereocenters. The Bertz CT molecular complexity index is 558. The molecule has 0 spiro atoms. The lowest BCUT2D eigenvalue weighted by atomic mass is 10.2. The molecule has 0 saturated heterocycles. The molecule has 0 aliphatic heterocycles. The van der Waals surface area contributed by atoms with Gasteiger partial charge in [0.1, 0.15) is 11.4 Å². The predicted octanol–water partition coefficient (Wildman–Crippen LogP) is 2.68. The minimum atomic E-state index is 0.769. The maximum atomic E-state index is 5.35. The third-order valence-electron chi connectivity index (χ3n) is 2.71. The minimum Gasteiger partial charge on any atom is -0.494 e. The van der Waals surface area contributed by atoms with Crippen molar-refractivity contribution in [3.63, 3.8) is 0 Å². The van der Waals surface area contributed by atoms with Crippen LogP contribution in [-0.2, 0) is 13.5 Å². The number of aryl methyl sites for hydroxylation is 2. The first kappa shape index (κ1) is 12.4. The van der Waals surface area contributed by atoms with Gasteiger partial charge in [0.05, 0.1) is 13.3 Å². The van der Waals surface area contributed by atoms with Crippen molar-refractivity contribution in [1.29, 1.82) is 0 Å². The van der Waals surface area contributed by atoms with Gasteiger partial charge in [-0.05, 0) is 24.1 Å². The first-order valence-corrected chi connectivity index (χ1v) is 5.84. The highest BCUT2D eigenvalue weighted by molar-refractivity contribution is 5.69. The van der Waals surface area contributed by atoms with Crippen molar-refractivity contribution in [1.82, 2.24) is 9.78 Å². The maximum Gasteiger partial charge on any atom is 0.147 e. The maximum absolute atomic E-state index is 5.35. The van der Waals surface area contributed by atoms with Crippen LogP contribution < -0.4 is 4.74 Å². The summed E-state index contributed by atoms with van der Waals surface area (Å²) >= 11 is 0. The number of hydrogen-bond acceptors (Lipinski definition) is 3. The van der Waals surface area contributed by atoms with Gasteiger partial charge in [0.25, 0.3) is 0 Å². The van der Waals surface area contributed by atoms with E-state index in [0.29, 0.717) is 0 Å². The van der Waals surface area contributed by atoms with E-state index in [9.17, 15) is 0 Å². The predicted molar refractivity (Wildman–Crippen MR) is 72.8 cm³/mol. The van der Waals surface area contributed by atoms with Crippen molar-refractivity contribution in [2.75, 3.05) is 7.11 Å². The van der Waals surface area contributed by atoms with E-state index in [1.54, 1.807) is 11.8 Å². The van der Waals surface area contributed by atoms with Gasteiger partial charge >= 0.3 is 0 Å². The van der Waals surface area contributed by atoms with Crippen molar-refractivity contribution in [3.05, 3.63) is 41.7 Å². The molecule has 18 heavy (non-hydrogen) atoms. The molecule has 0 fully saturated rings. The van der Waals surface area contributed by atoms with E-state index < -0.39 is 0 Å². The normalized spacial score (nSPS) is 11.1. The van der Waals surface area contributed by atoms with Crippen molar-refractivity contribution >= 4 is 11.9 Å². The smallest absolute Gasteiger partial charge is 0.147 e. The van der Waals surface area contributed by atoms with Gasteiger partial charge in [-0.25, -0.2) is 0 Å². The van der Waals surface area contributed by atoms with E-state index in [-0.39, 0.29) is 0 Å². The van der Waals surface area contributed by atoms with Gasteiger partial charge in [-0.1, -0.05) is 12.1 Å². The Hall–Kier alpha value is -2.10. The fourth-order valence-corrected chi connectivity index (χ4v) is 1.83. The molecule has 94 valence electrons. The molecule has 0 unspecified atom stereocenters. The lowest BCUT2D eigenvalue weighted by molar-refractivity contribution is 0.413. The van der Waals surface area contributed by atoms with Gasteiger partial charge in [0.15, 0.2) is 0 Å². The second-order valence-electron chi connectivity index (χ2n) is 4.17. The number of benzene rings is 1. The van der Waals surface area contributed by atoms with Gasteiger partial charge in [-0.3, -0.25) is 9.67 Å². The Balaban J connectivity index is 2.11. The second kappa shape index (κ2) is 5.49. The van der Waals surface area contributed by atoms with Crippen LogP contribution >= 0.6 is 0 Å². The van der Waals surface area contributed by atoms with Crippen LogP contribution in [0.4, 0.5) is 5.69 Å². The number of nitrogens with zero attached hydrogens (tertiary/aromatic N) is 3. The Morgan fingerprint density at radius 3 is 2.94 bits per heavy atom. The minimum absolute atomic E-state index is 0.769. The van der Waals surface area contributed by atoms with E-state index in [4.69, 9.17) is 4.74 Å². The summed E-state index contributed by atoms with van der Waals surface area (Å²) in [6.45, 7) is 2.01. The Kier molecular flexibility index (Phi) is 3.77. The van der Waals surface area contributed by atoms with Crippen molar-refractivity contribution in [3.8, 4) is 5.75 Å². The van der Waals surface area contributed by atoms with Crippen LogP contribution in [0.1, 0.15) is 11.1 Å². The fourth-order valence-electron chi connectivity index (χ4n) is 1.83. The molecule has 2 aromatic rings. The topological polar surface area (TPSA) is 39.4 Å². The van der Waals surface area contributed by atoms with E-state index in [1.807, 2.05) is 50.8 Å². The lowest BCUT2D eigenvalue weighted by Gasteiger charge is -2.06. The summed E-state index contributed by atoms with van der Waals surface area (Å²) in [5.74, 6) is 0.833. The lowest BCUT2D eigenvalue weighted by Crippen LogP contribution is -1.88. The highest BCUT2D eigenvalue weighted by Crippen LogP contribution is 2.30. The monoisotopic (exact) mass is 243 g/mol. The third-order valence-corrected chi connectivity index (χ3v) is 2.71. The molecule has 0 amide bonds. The SMILES string of the molecule is COc1c(C)cccc1N=CCc1cnn(C)c1. The number of methoxy groups -OCH3 is 1. The fraction of sp³-hybridized carbons (Fsp3) is 0.286. The van der Waals surface area contributed by atoms with Gasteiger partial charge < -0.3 is 4.74 Å². The Morgan fingerprint density at radius 2 is 2.28 bits per heavy atom. The molecular formula is C14H17N3O. The number of aromatic nitrogens is 2. The average molecular weight is 243 g/mol. The summed E-state index contributed by atoms with van der Waals surface area (Å²) in [5, 5.41) is 4.12. The average Bonchev–Trinajstić information content (AvgIpc) is 2.75. The van der Waals surface area contributed by atoms with Crippen LogP contribution in [0.15, 0.2) is 35.6 Å². The molecule has 2 rings (SSSR count). The van der Waals surface area contributed by atoms with E-state index >= 15 is 0 Å². The van der Waals surface area contributed by atoms with E-state index in [0.717, 1.165) is 29.0 Å². The molecule has 4 heteroatoms. The highest BCUT2D eigenvalue weighted by Gasteiger charge is 2.03. The summed E-state index contributed by atoms with van der Waals surface area (Å²) in [6, 6.07) is 5.94. The number of rotatable bonds is 4. The van der Waals surface area contributed by atoms with Crippen LogP contribution in [-0.4, -0.2) is 23.1 Å². The number of para-hydroxylation sites is 1. The van der Waals surface area contributed by atoms with Crippen LogP contribution in [0.3, 0.4) is 0 Å². The summed E-state index contributed by atoms with van der Waals surface area (Å²) in [7, 11) is 3.58. The number of ether oxygens (including phenoxy) is 1. The summed E-state index contributed by atoms with van der Waals surface area (Å²) in [6.07, 6.45) is 6.48. The highest BCUT2D eigenvalue weighted by atomic mass is 16.5. The van der Waals surface area contributed by atoms with E-state index in [2.05, 4.69) is 10.1 Å². The molecule has 4 nitrogen and oxygen atoms in total. The Morgan fingerprint density at radius 1 is 1.44 bits per heavy atom. The molecule has 1 heterocycles. The molecule has 0 radical (unpaired) electrons. The first-order chi connectivity index (χ1) is 8.70. The zero-order valence-corrected chi connectivity index (χ0v) is 10.9. The van der Waals surface area contributed by atoms with Crippen LogP contribution in [0, 0.1) is 6.92 Å². The number of hydrogen-bond donors (Lipinski definition) is 0. The van der Waals surface area contributed by atoms with E-state index in [1.165, 1.54) is 0 Å². The quantitative estimate of drug-likeness (QED) is 0.774. The van der Waals surface area contributed by atoms with Crippen LogP contribution in [0.2, 0.25) is 0 Å². The molecule has 1 aromatic carbocycles. The Labute approximate surface area is 107 Å². The first-order valence-electron chi connectivity index (χ1n) is 5.84. The number of aliphatic imine (C=N–C) groups is 1. The summed E-state index contributed by atoms with van der Waals surface area (Å²) in [5.41, 5.74) is 3.10. The van der Waals surface area contributed by atoms with Gasteiger partial charge in [0.2, 0.25) is 0 Å². The molecule has 0 saturated carbocycles. The van der Waals surface area contributed by atoms with Gasteiger partial charge in [0, 0.05) is 25.9 Å². The third kappa shape index (κ3) is 2.77. The molecule has 0 bridgehead atoms. The van der Waals surface area contributed by atoms with Gasteiger partial charge in [-0.15, -0.1) is 0 Å². The van der Waals surface area contributed by atoms with Crippen molar-refractivity contribution < 1.29 is 4.74 Å². The molecular weight excluding hydrogens is 226 g/mol. The molecule has 0 aliphatic carbocycles. The zero-order valence-electron chi connectivity index (χ0n) is 10.9. The molecule has 0 aliphatic rings. The summed E-state index contributed by atoms with van der Waals surface area (Å²) in [4.78, 5) is 4.46. The van der Waals surface area contributed by atoms with Crippen molar-refractivity contribution in [2.45, 2.75) is 13.3 Å². The summed E-state index contributed by atoms with van der Waals surface area (Å²) < 4.78 is 7.14. The standard InChI is InChI=1S/C14H17N3O/c1-11-5-4-6-13(14(11)18-3)15-8-7-12-9-16-17(2)10-12/h4-6,8-10H,7H2,1-3H3. The van der Waals surface area contributed by atoms with Gasteiger partial charge in [-0.2, -0.15) is 5.10 Å². The van der Waals surface area contributed by atoms with Crippen molar-refractivity contribution in [2.24, 2.45) is 12.0 Å².